The van der Waals surface area contributed by atoms with E-state index < -0.39 is 9.84 Å². The lowest BCUT2D eigenvalue weighted by Crippen LogP contribution is -2.26. The first kappa shape index (κ1) is 16.2. The molecule has 0 saturated heterocycles. The van der Waals surface area contributed by atoms with Gasteiger partial charge in [0, 0.05) is 11.8 Å². The molecule has 0 heterocycles. The first-order valence-corrected chi connectivity index (χ1v) is 9.04. The van der Waals surface area contributed by atoms with Gasteiger partial charge in [0.2, 0.25) is 0 Å². The summed E-state index contributed by atoms with van der Waals surface area (Å²) < 4.78 is 22.5. The van der Waals surface area contributed by atoms with Gasteiger partial charge in [0.1, 0.15) is 0 Å². The fourth-order valence-electron chi connectivity index (χ4n) is 2.16. The van der Waals surface area contributed by atoms with E-state index in [9.17, 15) is 13.2 Å². The average Bonchev–Trinajstić information content (AvgIpc) is 2.47. The lowest BCUT2D eigenvalue weighted by Gasteiger charge is -2.14. The van der Waals surface area contributed by atoms with Crippen LogP contribution in [0.4, 0.5) is 0 Å². The summed E-state index contributed by atoms with van der Waals surface area (Å²) in [6.07, 6.45) is 1.19. The van der Waals surface area contributed by atoms with Crippen LogP contribution in [0.1, 0.15) is 34.5 Å². The van der Waals surface area contributed by atoms with E-state index in [1.807, 2.05) is 37.3 Å². The monoisotopic (exact) mass is 317 g/mol. The number of rotatable bonds is 5. The molecule has 0 fully saturated rings. The molecule has 2 rings (SSSR count). The Morgan fingerprint density at radius 2 is 1.64 bits per heavy atom. The second kappa shape index (κ2) is 6.75. The van der Waals surface area contributed by atoms with Gasteiger partial charge in [-0.05, 0) is 30.2 Å². The molecule has 0 aliphatic rings. The van der Waals surface area contributed by atoms with E-state index in [0.29, 0.717) is 11.1 Å². The van der Waals surface area contributed by atoms with Crippen molar-refractivity contribution in [2.45, 2.75) is 18.7 Å². The van der Waals surface area contributed by atoms with E-state index in [1.54, 1.807) is 24.3 Å². The Morgan fingerprint density at radius 3 is 2.18 bits per heavy atom. The van der Waals surface area contributed by atoms with Crippen molar-refractivity contribution in [3.8, 4) is 0 Å². The normalized spacial score (nSPS) is 12.6. The molecule has 116 valence electrons. The van der Waals surface area contributed by atoms with Gasteiger partial charge in [-0.1, -0.05) is 42.5 Å². The predicted molar refractivity (Wildman–Crippen MR) is 87.3 cm³/mol. The van der Waals surface area contributed by atoms with Crippen molar-refractivity contribution in [3.63, 3.8) is 0 Å². The highest BCUT2D eigenvalue weighted by Gasteiger charge is 2.11. The highest BCUT2D eigenvalue weighted by molar-refractivity contribution is 7.89. The standard InChI is InChI=1S/C17H19NO3S/c1-13(15-6-4-3-5-7-15)18-17(19)16-10-8-14(9-11-16)12-22(2,20)21/h3-11,13H,12H2,1-2H3,(H,18,19)/t13-/m1/s1. The third-order valence-electron chi connectivity index (χ3n) is 3.29. The molecule has 0 spiro atoms. The summed E-state index contributed by atoms with van der Waals surface area (Å²) in [5.74, 6) is -0.197. The fourth-order valence-corrected chi connectivity index (χ4v) is 2.96. The molecule has 0 aliphatic carbocycles. The number of amides is 1. The molecule has 2 aromatic carbocycles. The van der Waals surface area contributed by atoms with Gasteiger partial charge in [-0.15, -0.1) is 0 Å². The van der Waals surface area contributed by atoms with Crippen molar-refractivity contribution >= 4 is 15.7 Å². The smallest absolute Gasteiger partial charge is 0.251 e. The molecular formula is C17H19NO3S. The van der Waals surface area contributed by atoms with Crippen LogP contribution in [0, 0.1) is 0 Å². The van der Waals surface area contributed by atoms with E-state index >= 15 is 0 Å². The van der Waals surface area contributed by atoms with Crippen molar-refractivity contribution in [2.75, 3.05) is 6.26 Å². The summed E-state index contributed by atoms with van der Waals surface area (Å²) in [4.78, 5) is 12.2. The highest BCUT2D eigenvalue weighted by atomic mass is 32.2. The number of carbonyl (C=O) groups is 1. The van der Waals surface area contributed by atoms with Gasteiger partial charge in [-0.2, -0.15) is 0 Å². The van der Waals surface area contributed by atoms with E-state index in [2.05, 4.69) is 5.32 Å². The Balaban J connectivity index is 2.04. The number of carbonyl (C=O) groups excluding carboxylic acids is 1. The SMILES string of the molecule is C[C@@H](NC(=O)c1ccc(CS(C)(=O)=O)cc1)c1ccccc1. The van der Waals surface area contributed by atoms with Gasteiger partial charge in [-0.3, -0.25) is 4.79 Å². The number of hydrogen-bond acceptors (Lipinski definition) is 3. The third kappa shape index (κ3) is 4.70. The number of hydrogen-bond donors (Lipinski definition) is 1. The zero-order valence-corrected chi connectivity index (χ0v) is 13.4. The lowest BCUT2D eigenvalue weighted by molar-refractivity contribution is 0.0940. The van der Waals surface area contributed by atoms with Gasteiger partial charge < -0.3 is 5.32 Å². The van der Waals surface area contributed by atoms with Gasteiger partial charge in [0.15, 0.2) is 9.84 Å². The zero-order chi connectivity index (χ0) is 16.2. The van der Waals surface area contributed by atoms with Crippen LogP contribution >= 0.6 is 0 Å². The van der Waals surface area contributed by atoms with Crippen LogP contribution in [0.2, 0.25) is 0 Å². The van der Waals surface area contributed by atoms with Gasteiger partial charge in [0.25, 0.3) is 5.91 Å². The number of benzene rings is 2. The largest absolute Gasteiger partial charge is 0.346 e. The van der Waals surface area contributed by atoms with Gasteiger partial charge >= 0.3 is 0 Å². The third-order valence-corrected chi connectivity index (χ3v) is 4.15. The predicted octanol–water partition coefficient (Wildman–Crippen LogP) is 2.72. The minimum absolute atomic E-state index is 0.0185. The first-order chi connectivity index (χ1) is 10.3. The average molecular weight is 317 g/mol. The molecular weight excluding hydrogens is 298 g/mol. The van der Waals surface area contributed by atoms with Crippen LogP contribution in [-0.2, 0) is 15.6 Å². The van der Waals surface area contributed by atoms with Gasteiger partial charge in [0.05, 0.1) is 11.8 Å². The minimum Gasteiger partial charge on any atom is -0.346 e. The molecule has 22 heavy (non-hydrogen) atoms. The van der Waals surface area contributed by atoms with E-state index in [4.69, 9.17) is 0 Å². The van der Waals surface area contributed by atoms with E-state index in [0.717, 1.165) is 5.56 Å². The molecule has 0 aliphatic heterocycles. The second-order valence-electron chi connectivity index (χ2n) is 5.37. The van der Waals surface area contributed by atoms with Crippen LogP contribution in [0.5, 0.6) is 0 Å². The molecule has 0 saturated carbocycles. The lowest BCUT2D eigenvalue weighted by atomic mass is 10.1. The molecule has 5 heteroatoms. The van der Waals surface area contributed by atoms with Crippen LogP contribution in [0.3, 0.4) is 0 Å². The Morgan fingerprint density at radius 1 is 1.05 bits per heavy atom. The Kier molecular flexibility index (Phi) is 4.98. The van der Waals surface area contributed by atoms with Crippen molar-refractivity contribution in [1.82, 2.24) is 5.32 Å². The molecule has 0 radical (unpaired) electrons. The maximum Gasteiger partial charge on any atom is 0.251 e. The van der Waals surface area contributed by atoms with Crippen molar-refractivity contribution in [1.29, 1.82) is 0 Å². The maximum atomic E-state index is 12.2. The Hall–Kier alpha value is -2.14. The topological polar surface area (TPSA) is 63.2 Å². The second-order valence-corrected chi connectivity index (χ2v) is 7.51. The van der Waals surface area contributed by atoms with Crippen LogP contribution in [-0.4, -0.2) is 20.6 Å². The zero-order valence-electron chi connectivity index (χ0n) is 12.6. The van der Waals surface area contributed by atoms with Crippen molar-refractivity contribution in [3.05, 3.63) is 71.3 Å². The summed E-state index contributed by atoms with van der Waals surface area (Å²) in [6, 6.07) is 16.2. The van der Waals surface area contributed by atoms with Gasteiger partial charge in [-0.25, -0.2) is 8.42 Å². The molecule has 0 unspecified atom stereocenters. The quantitative estimate of drug-likeness (QED) is 0.922. The molecule has 1 amide bonds. The maximum absolute atomic E-state index is 12.2. The number of sulfone groups is 1. The molecule has 0 bridgehead atoms. The number of nitrogens with one attached hydrogen (secondary N) is 1. The fraction of sp³-hybridized carbons (Fsp3) is 0.235. The van der Waals surface area contributed by atoms with E-state index in [1.165, 1.54) is 6.26 Å². The first-order valence-electron chi connectivity index (χ1n) is 6.97. The summed E-state index contributed by atoms with van der Waals surface area (Å²) in [6.45, 7) is 1.92. The molecule has 2 aromatic rings. The van der Waals surface area contributed by atoms with Crippen LogP contribution in [0.15, 0.2) is 54.6 Å². The molecule has 1 atom stereocenters. The molecule has 0 aromatic heterocycles. The minimum atomic E-state index is -3.07. The Labute approximate surface area is 131 Å². The molecule has 4 nitrogen and oxygen atoms in total. The highest BCUT2D eigenvalue weighted by Crippen LogP contribution is 2.13. The van der Waals surface area contributed by atoms with E-state index in [-0.39, 0.29) is 17.7 Å². The summed E-state index contributed by atoms with van der Waals surface area (Å²) in [5, 5.41) is 2.92. The summed E-state index contributed by atoms with van der Waals surface area (Å²) in [5.41, 5.74) is 2.22. The van der Waals surface area contributed by atoms with Crippen molar-refractivity contribution in [2.24, 2.45) is 0 Å². The summed E-state index contributed by atoms with van der Waals surface area (Å²) in [7, 11) is -3.07. The summed E-state index contributed by atoms with van der Waals surface area (Å²) >= 11 is 0. The molecule has 1 N–H and O–H groups in total. The Bertz CT molecular complexity index is 737. The van der Waals surface area contributed by atoms with Crippen molar-refractivity contribution < 1.29 is 13.2 Å². The van der Waals surface area contributed by atoms with Crippen LogP contribution in [0.25, 0.3) is 0 Å². The van der Waals surface area contributed by atoms with Crippen LogP contribution < -0.4 is 5.32 Å².